The molecule has 20 heavy (non-hydrogen) atoms. The number of hydrogen-bond acceptors (Lipinski definition) is 4. The Morgan fingerprint density at radius 3 is 2.20 bits per heavy atom. The number of hydrogen-bond donors (Lipinski definition) is 2. The topological polar surface area (TPSA) is 67.8 Å². The molecule has 0 saturated heterocycles. The van der Waals surface area contributed by atoms with Crippen LogP contribution in [0.2, 0.25) is 0 Å². The van der Waals surface area contributed by atoms with Crippen LogP contribution in [0.4, 0.5) is 0 Å². The first-order valence-electron chi connectivity index (χ1n) is 6.40. The molecule has 1 amide bonds. The third-order valence-electron chi connectivity index (χ3n) is 3.60. The van der Waals surface area contributed by atoms with Gasteiger partial charge in [-0.1, -0.05) is 6.07 Å². The van der Waals surface area contributed by atoms with Crippen molar-refractivity contribution in [1.82, 2.24) is 5.32 Å². The molecule has 5 nitrogen and oxygen atoms in total. The zero-order valence-electron chi connectivity index (χ0n) is 12.9. The van der Waals surface area contributed by atoms with Crippen LogP contribution < -0.4 is 14.8 Å². The van der Waals surface area contributed by atoms with Crippen molar-refractivity contribution in [2.75, 3.05) is 14.2 Å². The van der Waals surface area contributed by atoms with E-state index in [4.69, 9.17) is 9.47 Å². The Morgan fingerprint density at radius 2 is 1.75 bits per heavy atom. The van der Waals surface area contributed by atoms with Crippen LogP contribution in [0.1, 0.15) is 38.1 Å². The third-order valence-corrected chi connectivity index (χ3v) is 3.60. The van der Waals surface area contributed by atoms with Gasteiger partial charge < -0.3 is 19.9 Å². The van der Waals surface area contributed by atoms with Crippen LogP contribution in [0.5, 0.6) is 11.5 Å². The summed E-state index contributed by atoms with van der Waals surface area (Å²) in [5, 5.41) is 12.9. The Labute approximate surface area is 119 Å². The minimum absolute atomic E-state index is 0.326. The van der Waals surface area contributed by atoms with Crippen molar-refractivity contribution in [3.05, 3.63) is 23.8 Å². The molecule has 5 heteroatoms. The molecule has 0 aliphatic heterocycles. The second-order valence-corrected chi connectivity index (χ2v) is 5.68. The number of para-hydroxylation sites is 1. The highest BCUT2D eigenvalue weighted by Crippen LogP contribution is 2.31. The van der Waals surface area contributed by atoms with E-state index in [9.17, 15) is 9.90 Å². The van der Waals surface area contributed by atoms with Crippen molar-refractivity contribution in [3.63, 3.8) is 0 Å². The van der Waals surface area contributed by atoms with Crippen molar-refractivity contribution in [2.24, 2.45) is 0 Å². The molecule has 1 rings (SSSR count). The molecule has 0 atom stereocenters. The standard InChI is InChI=1S/C15H23NO4/c1-14(2,15(3,4)18)16-13(17)10-8-7-9-11(19-5)12(10)20-6/h7-9,18H,1-6H3,(H,16,17). The van der Waals surface area contributed by atoms with Gasteiger partial charge >= 0.3 is 0 Å². The van der Waals surface area contributed by atoms with Gasteiger partial charge in [-0.05, 0) is 39.8 Å². The number of benzene rings is 1. The monoisotopic (exact) mass is 281 g/mol. The van der Waals surface area contributed by atoms with Crippen molar-refractivity contribution in [2.45, 2.75) is 38.8 Å². The van der Waals surface area contributed by atoms with Gasteiger partial charge in [-0.25, -0.2) is 0 Å². The molecule has 0 heterocycles. The average molecular weight is 281 g/mol. The molecule has 0 radical (unpaired) electrons. The van der Waals surface area contributed by atoms with Gasteiger partial charge in [0.2, 0.25) is 0 Å². The van der Waals surface area contributed by atoms with Crippen molar-refractivity contribution in [3.8, 4) is 11.5 Å². The first-order valence-corrected chi connectivity index (χ1v) is 6.40. The molecule has 0 aliphatic carbocycles. The minimum Gasteiger partial charge on any atom is -0.493 e. The van der Waals surface area contributed by atoms with Crippen LogP contribution in [0.15, 0.2) is 18.2 Å². The lowest BCUT2D eigenvalue weighted by atomic mass is 9.85. The highest BCUT2D eigenvalue weighted by Gasteiger charge is 2.37. The van der Waals surface area contributed by atoms with Crippen molar-refractivity contribution < 1.29 is 19.4 Å². The molecule has 1 aromatic rings. The summed E-state index contributed by atoms with van der Waals surface area (Å²) in [7, 11) is 3.00. The van der Waals surface area contributed by atoms with E-state index in [0.29, 0.717) is 17.1 Å². The molecule has 0 unspecified atom stereocenters. The Morgan fingerprint density at radius 1 is 1.15 bits per heavy atom. The highest BCUT2D eigenvalue weighted by atomic mass is 16.5. The van der Waals surface area contributed by atoms with E-state index >= 15 is 0 Å². The average Bonchev–Trinajstić information content (AvgIpc) is 2.35. The maximum absolute atomic E-state index is 12.4. The zero-order chi connectivity index (χ0) is 15.6. The lowest BCUT2D eigenvalue weighted by Crippen LogP contribution is -2.57. The van der Waals surface area contributed by atoms with Crippen LogP contribution in [0, 0.1) is 0 Å². The van der Waals surface area contributed by atoms with Gasteiger partial charge in [-0.15, -0.1) is 0 Å². The van der Waals surface area contributed by atoms with Gasteiger partial charge in [0.1, 0.15) is 0 Å². The molecule has 0 fully saturated rings. The summed E-state index contributed by atoms with van der Waals surface area (Å²) in [4.78, 5) is 12.4. The molecular weight excluding hydrogens is 258 g/mol. The normalized spacial score (nSPS) is 11.9. The maximum Gasteiger partial charge on any atom is 0.255 e. The summed E-state index contributed by atoms with van der Waals surface area (Å²) in [6, 6.07) is 5.08. The number of rotatable bonds is 5. The Hall–Kier alpha value is -1.75. The van der Waals surface area contributed by atoms with Crippen LogP contribution in [-0.4, -0.2) is 36.4 Å². The lowest BCUT2D eigenvalue weighted by molar-refractivity contribution is -0.00298. The Bertz CT molecular complexity index is 489. The number of carbonyl (C=O) groups excluding carboxylic acids is 1. The predicted octanol–water partition coefficient (Wildman–Crippen LogP) is 1.98. The third kappa shape index (κ3) is 3.22. The number of carbonyl (C=O) groups is 1. The first-order chi connectivity index (χ1) is 9.14. The van der Waals surface area contributed by atoms with Crippen molar-refractivity contribution >= 4 is 5.91 Å². The molecule has 0 aliphatic rings. The Kier molecular flexibility index (Phi) is 4.65. The summed E-state index contributed by atoms with van der Waals surface area (Å²) in [5.41, 5.74) is -1.49. The maximum atomic E-state index is 12.4. The SMILES string of the molecule is COc1cccc(C(=O)NC(C)(C)C(C)(C)O)c1OC. The molecule has 1 aromatic carbocycles. The van der Waals surface area contributed by atoms with E-state index in [-0.39, 0.29) is 5.91 Å². The summed E-state index contributed by atoms with van der Waals surface area (Å²) < 4.78 is 10.4. The molecule has 0 aromatic heterocycles. The minimum atomic E-state index is -1.06. The fraction of sp³-hybridized carbons (Fsp3) is 0.533. The molecular formula is C15H23NO4. The predicted molar refractivity (Wildman–Crippen MR) is 77.4 cm³/mol. The summed E-state index contributed by atoms with van der Waals surface area (Å²) in [5.74, 6) is 0.535. The second kappa shape index (κ2) is 5.71. The molecule has 112 valence electrons. The largest absolute Gasteiger partial charge is 0.493 e. The van der Waals surface area contributed by atoms with E-state index in [1.807, 2.05) is 0 Å². The van der Waals surface area contributed by atoms with Gasteiger partial charge in [-0.2, -0.15) is 0 Å². The number of methoxy groups -OCH3 is 2. The number of nitrogens with one attached hydrogen (secondary N) is 1. The number of amides is 1. The zero-order valence-corrected chi connectivity index (χ0v) is 12.9. The van der Waals surface area contributed by atoms with E-state index in [1.165, 1.54) is 14.2 Å². The van der Waals surface area contributed by atoms with E-state index in [2.05, 4.69) is 5.32 Å². The second-order valence-electron chi connectivity index (χ2n) is 5.68. The fourth-order valence-corrected chi connectivity index (χ4v) is 1.57. The first kappa shape index (κ1) is 16.3. The van der Waals surface area contributed by atoms with E-state index in [1.54, 1.807) is 45.9 Å². The molecule has 2 N–H and O–H groups in total. The molecule has 0 saturated carbocycles. The van der Waals surface area contributed by atoms with Gasteiger partial charge in [0.25, 0.3) is 5.91 Å². The van der Waals surface area contributed by atoms with E-state index < -0.39 is 11.1 Å². The van der Waals surface area contributed by atoms with Gasteiger partial charge in [0.15, 0.2) is 11.5 Å². The summed E-state index contributed by atoms with van der Waals surface area (Å²) in [6.45, 7) is 6.82. The summed E-state index contributed by atoms with van der Waals surface area (Å²) >= 11 is 0. The lowest BCUT2D eigenvalue weighted by Gasteiger charge is -2.38. The number of aliphatic hydroxyl groups is 1. The van der Waals surface area contributed by atoms with Crippen LogP contribution in [-0.2, 0) is 0 Å². The van der Waals surface area contributed by atoms with Crippen molar-refractivity contribution in [1.29, 1.82) is 0 Å². The number of ether oxygens (including phenoxy) is 2. The molecule has 0 bridgehead atoms. The quantitative estimate of drug-likeness (QED) is 0.866. The fourth-order valence-electron chi connectivity index (χ4n) is 1.57. The van der Waals surface area contributed by atoms with Gasteiger partial charge in [0, 0.05) is 0 Å². The smallest absolute Gasteiger partial charge is 0.255 e. The van der Waals surface area contributed by atoms with Crippen LogP contribution in [0.25, 0.3) is 0 Å². The van der Waals surface area contributed by atoms with Gasteiger partial charge in [-0.3, -0.25) is 4.79 Å². The summed E-state index contributed by atoms with van der Waals surface area (Å²) in [6.07, 6.45) is 0. The van der Waals surface area contributed by atoms with Crippen LogP contribution in [0.3, 0.4) is 0 Å². The van der Waals surface area contributed by atoms with Gasteiger partial charge in [0.05, 0.1) is 30.9 Å². The molecule has 0 spiro atoms. The highest BCUT2D eigenvalue weighted by molar-refractivity contribution is 5.98. The van der Waals surface area contributed by atoms with Crippen LogP contribution >= 0.6 is 0 Å². The van der Waals surface area contributed by atoms with E-state index in [0.717, 1.165) is 0 Å². The Balaban J connectivity index is 3.11.